The smallest absolute Gasteiger partial charge is 0.412 e. The molecule has 2 atom stereocenters. The molecule has 1 saturated heterocycles. The minimum absolute atomic E-state index is 0.321. The standard InChI is InChI=1S/C21H29NO5/c1-20(2,3)27-19(24)22-16(14-15-10-8-7-9-11-15)17(26-21(22,4)5)12-13-18(23)25-6/h7-13,16-17H,14H2,1-6H3/t16-,17+/m0/s1. The second-order valence-electron chi connectivity index (χ2n) is 8.02. The van der Waals surface area contributed by atoms with Gasteiger partial charge in [0.25, 0.3) is 0 Å². The number of amides is 1. The number of carbonyl (C=O) groups excluding carboxylic acids is 2. The third-order valence-corrected chi connectivity index (χ3v) is 4.22. The molecule has 0 unspecified atom stereocenters. The summed E-state index contributed by atoms with van der Waals surface area (Å²) in [6.07, 6.45) is 2.64. The zero-order valence-corrected chi connectivity index (χ0v) is 16.9. The normalized spacial score (nSPS) is 22.1. The number of carbonyl (C=O) groups is 2. The van der Waals surface area contributed by atoms with E-state index in [9.17, 15) is 9.59 Å². The van der Waals surface area contributed by atoms with E-state index in [0.29, 0.717) is 6.42 Å². The predicted molar refractivity (Wildman–Crippen MR) is 102 cm³/mol. The van der Waals surface area contributed by atoms with Gasteiger partial charge in [-0.15, -0.1) is 0 Å². The predicted octanol–water partition coefficient (Wildman–Crippen LogP) is 3.70. The van der Waals surface area contributed by atoms with Crippen LogP contribution in [0.3, 0.4) is 0 Å². The fraction of sp³-hybridized carbons (Fsp3) is 0.524. The van der Waals surface area contributed by atoms with Gasteiger partial charge in [0.1, 0.15) is 11.3 Å². The van der Waals surface area contributed by atoms with Crippen LogP contribution in [0.1, 0.15) is 40.2 Å². The van der Waals surface area contributed by atoms with Crippen molar-refractivity contribution >= 4 is 12.1 Å². The van der Waals surface area contributed by atoms with Gasteiger partial charge in [0.05, 0.1) is 19.3 Å². The van der Waals surface area contributed by atoms with Crippen molar-refractivity contribution in [1.29, 1.82) is 0 Å². The van der Waals surface area contributed by atoms with E-state index in [1.54, 1.807) is 11.0 Å². The number of ether oxygens (including phenoxy) is 3. The second kappa shape index (κ2) is 8.13. The van der Waals surface area contributed by atoms with Crippen LogP contribution in [0.4, 0.5) is 4.79 Å². The molecule has 0 saturated carbocycles. The highest BCUT2D eigenvalue weighted by Gasteiger charge is 2.50. The number of nitrogens with zero attached hydrogens (tertiary/aromatic N) is 1. The van der Waals surface area contributed by atoms with Crippen LogP contribution in [-0.2, 0) is 25.4 Å². The first-order valence-corrected chi connectivity index (χ1v) is 9.04. The van der Waals surface area contributed by atoms with Gasteiger partial charge in [-0.25, -0.2) is 9.59 Å². The molecule has 2 rings (SSSR count). The quantitative estimate of drug-likeness (QED) is 0.593. The number of hydrogen-bond acceptors (Lipinski definition) is 5. The van der Waals surface area contributed by atoms with E-state index >= 15 is 0 Å². The summed E-state index contributed by atoms with van der Waals surface area (Å²) < 4.78 is 16.4. The van der Waals surface area contributed by atoms with Crippen molar-refractivity contribution in [2.24, 2.45) is 0 Å². The lowest BCUT2D eigenvalue weighted by molar-refractivity contribution is -0.135. The first-order chi connectivity index (χ1) is 12.5. The molecule has 0 spiro atoms. The number of esters is 1. The second-order valence-corrected chi connectivity index (χ2v) is 8.02. The Morgan fingerprint density at radius 3 is 2.41 bits per heavy atom. The molecule has 1 amide bonds. The Morgan fingerprint density at radius 2 is 1.85 bits per heavy atom. The van der Waals surface area contributed by atoms with Gasteiger partial charge in [0, 0.05) is 6.08 Å². The first kappa shape index (κ1) is 21.0. The van der Waals surface area contributed by atoms with Crippen LogP contribution in [-0.4, -0.2) is 47.5 Å². The summed E-state index contributed by atoms with van der Waals surface area (Å²) in [5.74, 6) is -0.467. The van der Waals surface area contributed by atoms with Gasteiger partial charge in [-0.1, -0.05) is 30.3 Å². The van der Waals surface area contributed by atoms with Crippen LogP contribution in [0.5, 0.6) is 0 Å². The lowest BCUT2D eigenvalue weighted by atomic mass is 10.00. The summed E-state index contributed by atoms with van der Waals surface area (Å²) >= 11 is 0. The Morgan fingerprint density at radius 1 is 1.22 bits per heavy atom. The van der Waals surface area contributed by atoms with Crippen molar-refractivity contribution in [2.45, 2.75) is 64.5 Å². The minimum atomic E-state index is -0.882. The van der Waals surface area contributed by atoms with Crippen molar-refractivity contribution in [2.75, 3.05) is 7.11 Å². The lowest BCUT2D eigenvalue weighted by Crippen LogP contribution is -2.50. The molecule has 1 aromatic rings. The summed E-state index contributed by atoms with van der Waals surface area (Å²) in [4.78, 5) is 26.1. The van der Waals surface area contributed by atoms with E-state index in [1.807, 2.05) is 65.0 Å². The zero-order chi connectivity index (χ0) is 20.2. The van der Waals surface area contributed by atoms with Gasteiger partial charge in [-0.2, -0.15) is 0 Å². The fourth-order valence-corrected chi connectivity index (χ4v) is 3.15. The van der Waals surface area contributed by atoms with E-state index in [-0.39, 0.29) is 6.04 Å². The summed E-state index contributed by atoms with van der Waals surface area (Å²) in [5, 5.41) is 0. The summed E-state index contributed by atoms with van der Waals surface area (Å²) in [7, 11) is 1.32. The highest BCUT2D eigenvalue weighted by Crippen LogP contribution is 2.36. The highest BCUT2D eigenvalue weighted by atomic mass is 16.6. The number of benzene rings is 1. The third kappa shape index (κ3) is 5.57. The molecule has 1 heterocycles. The summed E-state index contributed by atoms with van der Waals surface area (Å²) in [6, 6.07) is 9.53. The van der Waals surface area contributed by atoms with Gasteiger partial charge >= 0.3 is 12.1 Å². The van der Waals surface area contributed by atoms with Gasteiger partial charge in [-0.3, -0.25) is 4.90 Å². The van der Waals surface area contributed by atoms with E-state index in [2.05, 4.69) is 4.74 Å². The van der Waals surface area contributed by atoms with Crippen molar-refractivity contribution in [3.8, 4) is 0 Å². The maximum Gasteiger partial charge on any atom is 0.412 e. The van der Waals surface area contributed by atoms with Crippen LogP contribution >= 0.6 is 0 Å². The van der Waals surface area contributed by atoms with E-state index in [0.717, 1.165) is 5.56 Å². The Labute approximate surface area is 161 Å². The zero-order valence-electron chi connectivity index (χ0n) is 16.9. The molecule has 6 nitrogen and oxygen atoms in total. The molecule has 0 aliphatic carbocycles. The molecule has 1 fully saturated rings. The van der Waals surface area contributed by atoms with Gasteiger partial charge in [0.2, 0.25) is 0 Å². The number of rotatable bonds is 4. The average Bonchev–Trinajstić information content (AvgIpc) is 2.82. The molecular formula is C21H29NO5. The van der Waals surface area contributed by atoms with E-state index in [1.165, 1.54) is 13.2 Å². The van der Waals surface area contributed by atoms with Crippen LogP contribution in [0.2, 0.25) is 0 Å². The maximum absolute atomic E-state index is 12.9. The molecule has 0 aromatic heterocycles. The SMILES string of the molecule is COC(=O)C=C[C@H]1OC(C)(C)N(C(=O)OC(C)(C)C)[C@H]1Cc1ccccc1. The van der Waals surface area contributed by atoms with Crippen LogP contribution < -0.4 is 0 Å². The van der Waals surface area contributed by atoms with E-state index in [4.69, 9.17) is 9.47 Å². The molecule has 27 heavy (non-hydrogen) atoms. The Kier molecular flexibility index (Phi) is 6.31. The van der Waals surface area contributed by atoms with Crippen LogP contribution in [0, 0.1) is 0 Å². The molecule has 0 N–H and O–H groups in total. The van der Waals surface area contributed by atoms with Crippen LogP contribution in [0.15, 0.2) is 42.5 Å². The Balaban J connectivity index is 2.35. The Hall–Kier alpha value is -2.34. The highest BCUT2D eigenvalue weighted by molar-refractivity contribution is 5.81. The van der Waals surface area contributed by atoms with Crippen molar-refractivity contribution in [3.05, 3.63) is 48.0 Å². The molecular weight excluding hydrogens is 346 g/mol. The maximum atomic E-state index is 12.9. The Bertz CT molecular complexity index is 690. The number of hydrogen-bond donors (Lipinski definition) is 0. The molecule has 148 valence electrons. The number of methoxy groups -OCH3 is 1. The molecule has 0 bridgehead atoms. The monoisotopic (exact) mass is 375 g/mol. The third-order valence-electron chi connectivity index (χ3n) is 4.22. The summed E-state index contributed by atoms with van der Waals surface area (Å²) in [5.41, 5.74) is -0.439. The largest absolute Gasteiger partial charge is 0.466 e. The average molecular weight is 375 g/mol. The molecule has 1 aromatic carbocycles. The first-order valence-electron chi connectivity index (χ1n) is 9.04. The van der Waals surface area contributed by atoms with Crippen molar-refractivity contribution < 1.29 is 23.8 Å². The molecule has 1 aliphatic heterocycles. The van der Waals surface area contributed by atoms with Crippen molar-refractivity contribution in [1.82, 2.24) is 4.90 Å². The van der Waals surface area contributed by atoms with Crippen LogP contribution in [0.25, 0.3) is 0 Å². The fourth-order valence-electron chi connectivity index (χ4n) is 3.15. The molecule has 6 heteroatoms. The van der Waals surface area contributed by atoms with Crippen molar-refractivity contribution in [3.63, 3.8) is 0 Å². The van der Waals surface area contributed by atoms with Gasteiger partial charge < -0.3 is 14.2 Å². The van der Waals surface area contributed by atoms with Gasteiger partial charge in [-0.05, 0) is 52.7 Å². The molecule has 1 aliphatic rings. The topological polar surface area (TPSA) is 65.1 Å². The molecule has 0 radical (unpaired) electrons. The lowest BCUT2D eigenvalue weighted by Gasteiger charge is -2.35. The van der Waals surface area contributed by atoms with E-state index < -0.39 is 29.5 Å². The van der Waals surface area contributed by atoms with Gasteiger partial charge in [0.15, 0.2) is 0 Å². The minimum Gasteiger partial charge on any atom is -0.466 e. The summed E-state index contributed by atoms with van der Waals surface area (Å²) in [6.45, 7) is 9.13.